The number of carbonyl (C=O) groups excluding carboxylic acids is 1. The molecule has 126 valence electrons. The summed E-state index contributed by atoms with van der Waals surface area (Å²) in [5.41, 5.74) is 3.45. The van der Waals surface area contributed by atoms with E-state index in [2.05, 4.69) is 5.43 Å². The zero-order valence-electron chi connectivity index (χ0n) is 13.8. The van der Waals surface area contributed by atoms with Crippen molar-refractivity contribution in [3.8, 4) is 0 Å². The third kappa shape index (κ3) is 4.96. The fourth-order valence-corrected chi connectivity index (χ4v) is 2.78. The van der Waals surface area contributed by atoms with Crippen LogP contribution in [0.1, 0.15) is 55.5 Å². The van der Waals surface area contributed by atoms with Gasteiger partial charge in [0.2, 0.25) is 0 Å². The van der Waals surface area contributed by atoms with Crippen molar-refractivity contribution in [2.75, 3.05) is 13.1 Å². The molecule has 0 spiro atoms. The molecule has 1 aliphatic heterocycles. The number of carboxylic acids is 1. The number of carboxylic acid groups (broad SMARTS) is 1. The average molecular weight is 320 g/mol. The van der Waals surface area contributed by atoms with Gasteiger partial charge in [0.1, 0.15) is 5.60 Å². The normalized spacial score (nSPS) is 16.8. The van der Waals surface area contributed by atoms with E-state index in [-0.39, 0.29) is 5.92 Å². The minimum absolute atomic E-state index is 0.194. The van der Waals surface area contributed by atoms with Gasteiger partial charge in [0.05, 0.1) is 5.56 Å². The first-order valence-corrected chi connectivity index (χ1v) is 7.83. The zero-order valence-corrected chi connectivity index (χ0v) is 13.8. The van der Waals surface area contributed by atoms with E-state index in [4.69, 9.17) is 4.74 Å². The lowest BCUT2D eigenvalue weighted by Crippen LogP contribution is -2.48. The van der Waals surface area contributed by atoms with E-state index >= 15 is 0 Å². The Morgan fingerprint density at radius 2 is 1.83 bits per heavy atom. The SMILES string of the molecule is CC(C)(C)OC(=O)NN1CCC(c2ccccc2C(=O)O)CC1. The number of hydrazine groups is 1. The van der Waals surface area contributed by atoms with E-state index in [1.165, 1.54) is 0 Å². The third-order valence-electron chi connectivity index (χ3n) is 3.77. The molecule has 6 nitrogen and oxygen atoms in total. The number of rotatable bonds is 3. The molecule has 1 fully saturated rings. The lowest BCUT2D eigenvalue weighted by molar-refractivity contribution is 0.0286. The smallest absolute Gasteiger partial charge is 0.422 e. The molecular formula is C17H24N2O4. The first-order valence-electron chi connectivity index (χ1n) is 7.83. The highest BCUT2D eigenvalue weighted by Crippen LogP contribution is 2.30. The van der Waals surface area contributed by atoms with Gasteiger partial charge in [-0.3, -0.25) is 5.43 Å². The molecule has 1 heterocycles. The summed E-state index contributed by atoms with van der Waals surface area (Å²) < 4.78 is 5.23. The van der Waals surface area contributed by atoms with E-state index in [0.717, 1.165) is 18.4 Å². The maximum absolute atomic E-state index is 11.8. The molecule has 23 heavy (non-hydrogen) atoms. The molecule has 0 aromatic heterocycles. The Labute approximate surface area is 136 Å². The number of hydrogen-bond donors (Lipinski definition) is 2. The Morgan fingerprint density at radius 3 is 2.39 bits per heavy atom. The van der Waals surface area contributed by atoms with Gasteiger partial charge in [-0.2, -0.15) is 0 Å². The molecule has 1 aromatic rings. The van der Waals surface area contributed by atoms with Crippen LogP contribution in [0, 0.1) is 0 Å². The summed E-state index contributed by atoms with van der Waals surface area (Å²) in [5, 5.41) is 11.1. The molecule has 1 aliphatic rings. The molecule has 1 amide bonds. The number of piperidine rings is 1. The lowest BCUT2D eigenvalue weighted by Gasteiger charge is -2.33. The van der Waals surface area contributed by atoms with Crippen molar-refractivity contribution in [1.82, 2.24) is 10.4 Å². The number of hydrogen-bond acceptors (Lipinski definition) is 4. The summed E-state index contributed by atoms with van der Waals surface area (Å²) in [6.45, 7) is 6.79. The number of aromatic carboxylic acids is 1. The highest BCUT2D eigenvalue weighted by atomic mass is 16.6. The standard InChI is InChI=1S/C17H24N2O4/c1-17(2,3)23-16(22)18-19-10-8-12(9-11-19)13-6-4-5-7-14(13)15(20)21/h4-7,12H,8-11H2,1-3H3,(H,18,22)(H,20,21). The highest BCUT2D eigenvalue weighted by molar-refractivity contribution is 5.89. The van der Waals surface area contributed by atoms with Crippen LogP contribution in [0.5, 0.6) is 0 Å². The van der Waals surface area contributed by atoms with Gasteiger partial charge in [-0.25, -0.2) is 14.6 Å². The number of nitrogens with one attached hydrogen (secondary N) is 1. The second-order valence-electron chi connectivity index (χ2n) is 6.77. The second-order valence-corrected chi connectivity index (χ2v) is 6.77. The summed E-state index contributed by atoms with van der Waals surface area (Å²) in [6, 6.07) is 7.13. The summed E-state index contributed by atoms with van der Waals surface area (Å²) in [7, 11) is 0. The maximum atomic E-state index is 11.8. The van der Waals surface area contributed by atoms with Crippen LogP contribution in [0.3, 0.4) is 0 Å². The quantitative estimate of drug-likeness (QED) is 0.895. The summed E-state index contributed by atoms with van der Waals surface area (Å²) in [4.78, 5) is 23.1. The van der Waals surface area contributed by atoms with Crippen molar-refractivity contribution in [3.05, 3.63) is 35.4 Å². The molecule has 0 bridgehead atoms. The minimum atomic E-state index is -0.894. The van der Waals surface area contributed by atoms with Crippen molar-refractivity contribution in [3.63, 3.8) is 0 Å². The van der Waals surface area contributed by atoms with E-state index in [0.29, 0.717) is 18.7 Å². The monoisotopic (exact) mass is 320 g/mol. The van der Waals surface area contributed by atoms with E-state index in [9.17, 15) is 14.7 Å². The Hall–Kier alpha value is -2.08. The van der Waals surface area contributed by atoms with Crippen LogP contribution in [0.15, 0.2) is 24.3 Å². The van der Waals surface area contributed by atoms with Gasteiger partial charge < -0.3 is 9.84 Å². The van der Waals surface area contributed by atoms with Gasteiger partial charge in [0.15, 0.2) is 0 Å². The topological polar surface area (TPSA) is 78.9 Å². The van der Waals surface area contributed by atoms with Gasteiger partial charge >= 0.3 is 12.1 Å². The van der Waals surface area contributed by atoms with Crippen molar-refractivity contribution in [1.29, 1.82) is 0 Å². The van der Waals surface area contributed by atoms with Crippen molar-refractivity contribution < 1.29 is 19.4 Å². The molecule has 2 N–H and O–H groups in total. The highest BCUT2D eigenvalue weighted by Gasteiger charge is 2.26. The molecule has 0 saturated carbocycles. The van der Waals surface area contributed by atoms with E-state index in [1.54, 1.807) is 12.1 Å². The van der Waals surface area contributed by atoms with Gasteiger partial charge in [0.25, 0.3) is 0 Å². The summed E-state index contributed by atoms with van der Waals surface area (Å²) >= 11 is 0. The molecule has 6 heteroatoms. The predicted octanol–water partition coefficient (Wildman–Crippen LogP) is 3.00. The fraction of sp³-hybridized carbons (Fsp3) is 0.529. The number of nitrogens with zero attached hydrogens (tertiary/aromatic N) is 1. The Bertz CT molecular complexity index is 572. The third-order valence-corrected chi connectivity index (χ3v) is 3.77. The van der Waals surface area contributed by atoms with Crippen molar-refractivity contribution in [2.24, 2.45) is 0 Å². The number of ether oxygens (including phenoxy) is 1. The van der Waals surface area contributed by atoms with Crippen LogP contribution in [0.25, 0.3) is 0 Å². The van der Waals surface area contributed by atoms with Crippen molar-refractivity contribution >= 4 is 12.1 Å². The largest absolute Gasteiger partial charge is 0.478 e. The lowest BCUT2D eigenvalue weighted by atomic mass is 9.87. The first-order chi connectivity index (χ1) is 10.8. The van der Waals surface area contributed by atoms with Crippen LogP contribution in [-0.2, 0) is 4.74 Å². The second kappa shape index (κ2) is 7.00. The van der Waals surface area contributed by atoms with Crippen LogP contribution >= 0.6 is 0 Å². The van der Waals surface area contributed by atoms with Crippen LogP contribution in [-0.4, -0.2) is 40.9 Å². The van der Waals surface area contributed by atoms with Crippen LogP contribution in [0.4, 0.5) is 4.79 Å². The fourth-order valence-electron chi connectivity index (χ4n) is 2.78. The number of amides is 1. The molecule has 0 atom stereocenters. The Kier molecular flexibility index (Phi) is 5.26. The molecule has 1 saturated heterocycles. The van der Waals surface area contributed by atoms with Gasteiger partial charge in [-0.1, -0.05) is 18.2 Å². The van der Waals surface area contributed by atoms with Crippen LogP contribution < -0.4 is 5.43 Å². The summed E-state index contributed by atoms with van der Waals surface area (Å²) in [5.74, 6) is -0.700. The number of carbonyl (C=O) groups is 2. The van der Waals surface area contributed by atoms with Gasteiger partial charge in [0, 0.05) is 13.1 Å². The molecule has 0 aliphatic carbocycles. The van der Waals surface area contributed by atoms with Crippen molar-refractivity contribution in [2.45, 2.75) is 45.1 Å². The Balaban J connectivity index is 1.92. The molecule has 1 aromatic carbocycles. The van der Waals surface area contributed by atoms with E-state index < -0.39 is 17.7 Å². The summed E-state index contributed by atoms with van der Waals surface area (Å²) in [6.07, 6.45) is 1.13. The predicted molar refractivity (Wildman–Crippen MR) is 86.3 cm³/mol. The minimum Gasteiger partial charge on any atom is -0.478 e. The van der Waals surface area contributed by atoms with Gasteiger partial charge in [-0.05, 0) is 51.2 Å². The first kappa shape index (κ1) is 17.3. The molecular weight excluding hydrogens is 296 g/mol. The Morgan fingerprint density at radius 1 is 1.22 bits per heavy atom. The van der Waals surface area contributed by atoms with Crippen LogP contribution in [0.2, 0.25) is 0 Å². The molecule has 2 rings (SSSR count). The van der Waals surface area contributed by atoms with E-state index in [1.807, 2.05) is 37.9 Å². The zero-order chi connectivity index (χ0) is 17.0. The molecule has 0 radical (unpaired) electrons. The maximum Gasteiger partial charge on any atom is 0.422 e. The average Bonchev–Trinajstić information content (AvgIpc) is 2.46. The number of benzene rings is 1. The van der Waals surface area contributed by atoms with Gasteiger partial charge in [-0.15, -0.1) is 0 Å². The molecule has 0 unspecified atom stereocenters.